The van der Waals surface area contributed by atoms with E-state index < -0.39 is 0 Å². The predicted octanol–water partition coefficient (Wildman–Crippen LogP) is 4.15. The quantitative estimate of drug-likeness (QED) is 0.399. The summed E-state index contributed by atoms with van der Waals surface area (Å²) < 4.78 is 1.04. The Morgan fingerprint density at radius 3 is 2.71 bits per heavy atom. The van der Waals surface area contributed by atoms with Crippen molar-refractivity contribution >= 4 is 60.2 Å². The third-order valence-electron chi connectivity index (χ3n) is 1.85. The molecule has 14 heavy (non-hydrogen) atoms. The van der Waals surface area contributed by atoms with E-state index in [-0.39, 0.29) is 10.6 Å². The number of Topliss-reactive ketones (excluding diaryl/α,β-unsaturated/α-hetero) is 1. The molecule has 0 aliphatic rings. The summed E-state index contributed by atoms with van der Waals surface area (Å²) in [7, 11) is 0. The topological polar surface area (TPSA) is 17.1 Å². The van der Waals surface area contributed by atoms with Crippen LogP contribution in [0.2, 0.25) is 0 Å². The Bertz CT molecular complexity index is 350. The summed E-state index contributed by atoms with van der Waals surface area (Å²) in [6.45, 7) is 1.85. The van der Waals surface area contributed by atoms with Crippen molar-refractivity contribution in [2.45, 2.75) is 17.1 Å². The van der Waals surface area contributed by atoms with Crippen LogP contribution in [-0.2, 0) is 5.33 Å². The van der Waals surface area contributed by atoms with Gasteiger partial charge in [-0.25, -0.2) is 0 Å². The van der Waals surface area contributed by atoms with Crippen molar-refractivity contribution in [3.05, 3.63) is 32.9 Å². The van der Waals surface area contributed by atoms with Crippen LogP contribution >= 0.6 is 54.5 Å². The lowest BCUT2D eigenvalue weighted by molar-refractivity contribution is 0.0995. The van der Waals surface area contributed by atoms with Crippen molar-refractivity contribution in [3.8, 4) is 0 Å². The van der Waals surface area contributed by atoms with Gasteiger partial charge in [0.15, 0.2) is 5.78 Å². The highest BCUT2D eigenvalue weighted by Crippen LogP contribution is 2.22. The molecule has 1 atom stereocenters. The van der Waals surface area contributed by atoms with Gasteiger partial charge in [0.05, 0.1) is 4.83 Å². The zero-order valence-electron chi connectivity index (χ0n) is 7.56. The Kier molecular flexibility index (Phi) is 5.06. The lowest BCUT2D eigenvalue weighted by atomic mass is 10.1. The monoisotopic (exact) mass is 430 g/mol. The maximum Gasteiger partial charge on any atom is 0.177 e. The summed E-state index contributed by atoms with van der Waals surface area (Å²) in [5.41, 5.74) is 1.96. The third-order valence-corrected chi connectivity index (χ3v) is 4.14. The Morgan fingerprint density at radius 1 is 1.57 bits per heavy atom. The van der Waals surface area contributed by atoms with Gasteiger partial charge in [0.2, 0.25) is 0 Å². The fourth-order valence-electron chi connectivity index (χ4n) is 1.09. The summed E-state index contributed by atoms with van der Waals surface area (Å²) in [5.74, 6) is 0.136. The van der Waals surface area contributed by atoms with Gasteiger partial charge in [-0.15, -0.1) is 0 Å². The van der Waals surface area contributed by atoms with Crippen LogP contribution in [0.4, 0.5) is 0 Å². The average molecular weight is 432 g/mol. The Balaban J connectivity index is 3.16. The summed E-state index contributed by atoms with van der Waals surface area (Å²) in [5, 5.41) is 0.781. The molecule has 1 aromatic rings. The highest BCUT2D eigenvalue weighted by atomic mass is 127. The van der Waals surface area contributed by atoms with Crippen LogP contribution in [0.5, 0.6) is 0 Å². The first kappa shape index (κ1) is 12.6. The van der Waals surface area contributed by atoms with Crippen LogP contribution in [-0.4, -0.2) is 10.6 Å². The molecule has 1 nitrogen and oxygen atoms in total. The molecule has 1 rings (SSSR count). The van der Waals surface area contributed by atoms with Gasteiger partial charge in [-0.1, -0.05) is 50.1 Å². The SMILES string of the molecule is CC(Br)C(=O)c1cccc(CBr)c1I. The van der Waals surface area contributed by atoms with Crippen LogP contribution < -0.4 is 0 Å². The van der Waals surface area contributed by atoms with Gasteiger partial charge < -0.3 is 0 Å². The number of hydrogen-bond donors (Lipinski definition) is 0. The second-order valence-electron chi connectivity index (χ2n) is 2.89. The zero-order valence-corrected chi connectivity index (χ0v) is 12.9. The van der Waals surface area contributed by atoms with E-state index in [1.54, 1.807) is 0 Å². The van der Waals surface area contributed by atoms with Crippen LogP contribution in [0, 0.1) is 3.57 Å². The van der Waals surface area contributed by atoms with Crippen LogP contribution in [0.3, 0.4) is 0 Å². The first-order valence-electron chi connectivity index (χ1n) is 4.09. The lowest BCUT2D eigenvalue weighted by Crippen LogP contribution is -2.12. The standard InChI is InChI=1S/C10H9Br2IO/c1-6(12)10(14)8-4-2-3-7(5-11)9(8)13/h2-4,6H,5H2,1H3. The molecule has 76 valence electrons. The molecule has 0 aliphatic heterocycles. The van der Waals surface area contributed by atoms with Crippen LogP contribution in [0.15, 0.2) is 18.2 Å². The predicted molar refractivity (Wildman–Crippen MR) is 74.5 cm³/mol. The molecule has 0 aliphatic carbocycles. The van der Waals surface area contributed by atoms with Gasteiger partial charge in [-0.3, -0.25) is 4.79 Å². The average Bonchev–Trinajstić information content (AvgIpc) is 2.17. The number of halogens is 3. The molecule has 0 N–H and O–H groups in total. The molecule has 0 aromatic heterocycles. The largest absolute Gasteiger partial charge is 0.293 e. The summed E-state index contributed by atoms with van der Waals surface area (Å²) in [4.78, 5) is 11.6. The maximum absolute atomic E-state index is 11.8. The van der Waals surface area contributed by atoms with Crippen molar-refractivity contribution in [2.24, 2.45) is 0 Å². The van der Waals surface area contributed by atoms with Crippen molar-refractivity contribution in [1.29, 1.82) is 0 Å². The summed E-state index contributed by atoms with van der Waals surface area (Å²) in [6, 6.07) is 5.81. The van der Waals surface area contributed by atoms with E-state index in [4.69, 9.17) is 0 Å². The minimum absolute atomic E-state index is 0.124. The highest BCUT2D eigenvalue weighted by molar-refractivity contribution is 14.1. The Labute approximate surface area is 114 Å². The first-order chi connectivity index (χ1) is 6.57. The van der Waals surface area contributed by atoms with Gasteiger partial charge >= 0.3 is 0 Å². The molecule has 0 radical (unpaired) electrons. The van der Waals surface area contributed by atoms with Gasteiger partial charge in [0.1, 0.15) is 0 Å². The second kappa shape index (κ2) is 5.61. The maximum atomic E-state index is 11.8. The van der Waals surface area contributed by atoms with E-state index in [0.29, 0.717) is 0 Å². The minimum atomic E-state index is -0.124. The molecule has 1 aromatic carbocycles. The number of rotatable bonds is 3. The molecule has 1 unspecified atom stereocenters. The van der Waals surface area contributed by atoms with Crippen molar-refractivity contribution in [1.82, 2.24) is 0 Å². The van der Waals surface area contributed by atoms with Gasteiger partial charge in [0.25, 0.3) is 0 Å². The number of carbonyl (C=O) groups is 1. The molecule has 0 spiro atoms. The molecule has 0 saturated heterocycles. The number of hydrogen-bond acceptors (Lipinski definition) is 1. The number of carbonyl (C=O) groups excluding carboxylic acids is 1. The first-order valence-corrected chi connectivity index (χ1v) is 7.21. The smallest absolute Gasteiger partial charge is 0.177 e. The minimum Gasteiger partial charge on any atom is -0.293 e. The van der Waals surface area contributed by atoms with Crippen molar-refractivity contribution in [2.75, 3.05) is 0 Å². The molecule has 4 heteroatoms. The van der Waals surface area contributed by atoms with E-state index >= 15 is 0 Å². The molecule has 0 amide bonds. The van der Waals surface area contributed by atoms with E-state index in [1.165, 1.54) is 0 Å². The van der Waals surface area contributed by atoms with E-state index in [9.17, 15) is 4.79 Å². The van der Waals surface area contributed by atoms with Gasteiger partial charge in [-0.2, -0.15) is 0 Å². The van der Waals surface area contributed by atoms with E-state index in [2.05, 4.69) is 54.5 Å². The molecule has 0 bridgehead atoms. The van der Waals surface area contributed by atoms with Crippen molar-refractivity contribution < 1.29 is 4.79 Å². The van der Waals surface area contributed by atoms with Crippen molar-refractivity contribution in [3.63, 3.8) is 0 Å². The number of benzene rings is 1. The molecular weight excluding hydrogens is 423 g/mol. The molecule has 0 fully saturated rings. The fraction of sp³-hybridized carbons (Fsp3) is 0.300. The van der Waals surface area contributed by atoms with Gasteiger partial charge in [-0.05, 0) is 35.1 Å². The summed E-state index contributed by atoms with van der Waals surface area (Å²) >= 11 is 8.91. The van der Waals surface area contributed by atoms with Gasteiger partial charge in [0, 0.05) is 14.5 Å². The highest BCUT2D eigenvalue weighted by Gasteiger charge is 2.16. The summed E-state index contributed by atoms with van der Waals surface area (Å²) in [6.07, 6.45) is 0. The van der Waals surface area contributed by atoms with E-state index in [0.717, 1.165) is 20.0 Å². The lowest BCUT2D eigenvalue weighted by Gasteiger charge is -2.08. The normalized spacial score (nSPS) is 12.6. The number of alkyl halides is 2. The zero-order chi connectivity index (χ0) is 10.7. The second-order valence-corrected chi connectivity index (χ2v) is 5.91. The molecule has 0 saturated carbocycles. The number of ketones is 1. The van der Waals surface area contributed by atoms with Crippen LogP contribution in [0.1, 0.15) is 22.8 Å². The van der Waals surface area contributed by atoms with Crippen LogP contribution in [0.25, 0.3) is 0 Å². The Morgan fingerprint density at radius 2 is 2.21 bits per heavy atom. The van der Waals surface area contributed by atoms with E-state index in [1.807, 2.05) is 25.1 Å². The Hall–Kier alpha value is 0.580. The molecule has 0 heterocycles. The third kappa shape index (κ3) is 2.79. The molecular formula is C10H9Br2IO. The fourth-order valence-corrected chi connectivity index (χ4v) is 3.14.